The number of hydrogen-bond acceptors (Lipinski definition) is 4. The summed E-state index contributed by atoms with van der Waals surface area (Å²) in [7, 11) is 0. The minimum Gasteiger partial charge on any atom is -0.375 e. The molecule has 20 heavy (non-hydrogen) atoms. The van der Waals surface area contributed by atoms with Crippen molar-refractivity contribution >= 4 is 5.91 Å². The van der Waals surface area contributed by atoms with Crippen molar-refractivity contribution < 1.29 is 18.3 Å². The molecule has 1 aliphatic rings. The SMILES string of the molecule is CC(CN)CN1CCN(C(=O)CCOCC(F)F)CC1. The van der Waals surface area contributed by atoms with Crippen LogP contribution in [-0.4, -0.2) is 74.6 Å². The maximum Gasteiger partial charge on any atom is 0.261 e. The lowest BCUT2D eigenvalue weighted by atomic mass is 10.1. The van der Waals surface area contributed by atoms with Gasteiger partial charge < -0.3 is 15.4 Å². The van der Waals surface area contributed by atoms with Gasteiger partial charge in [-0.1, -0.05) is 6.92 Å². The van der Waals surface area contributed by atoms with Crippen LogP contribution in [0.25, 0.3) is 0 Å². The van der Waals surface area contributed by atoms with E-state index in [1.165, 1.54) is 0 Å². The van der Waals surface area contributed by atoms with Crippen molar-refractivity contribution in [1.82, 2.24) is 9.80 Å². The van der Waals surface area contributed by atoms with Crippen molar-refractivity contribution in [1.29, 1.82) is 0 Å². The van der Waals surface area contributed by atoms with E-state index < -0.39 is 13.0 Å². The lowest BCUT2D eigenvalue weighted by Crippen LogP contribution is -2.50. The van der Waals surface area contributed by atoms with Crippen LogP contribution < -0.4 is 5.73 Å². The van der Waals surface area contributed by atoms with E-state index in [1.54, 1.807) is 4.90 Å². The molecule has 1 atom stereocenters. The summed E-state index contributed by atoms with van der Waals surface area (Å²) in [6.07, 6.45) is -2.30. The number of nitrogens with two attached hydrogens (primary N) is 1. The molecule has 1 unspecified atom stereocenters. The summed E-state index contributed by atoms with van der Waals surface area (Å²) >= 11 is 0. The molecule has 0 aliphatic carbocycles. The zero-order chi connectivity index (χ0) is 15.0. The highest BCUT2D eigenvalue weighted by atomic mass is 19.3. The molecule has 1 aliphatic heterocycles. The summed E-state index contributed by atoms with van der Waals surface area (Å²) < 4.78 is 28.4. The molecule has 0 aromatic heterocycles. The standard InChI is InChI=1S/C13H25F2N3O2/c1-11(8-16)9-17-3-5-18(6-4-17)13(19)2-7-20-10-12(14)15/h11-12H,2-10,16H2,1H3. The molecule has 0 aromatic rings. The maximum atomic E-state index is 11.9. The van der Waals surface area contributed by atoms with E-state index in [9.17, 15) is 13.6 Å². The Kier molecular flexibility index (Phi) is 7.94. The average Bonchev–Trinajstić information content (AvgIpc) is 2.43. The van der Waals surface area contributed by atoms with Gasteiger partial charge in [-0.15, -0.1) is 0 Å². The third kappa shape index (κ3) is 6.58. The molecule has 118 valence electrons. The normalized spacial score (nSPS) is 18.6. The minimum atomic E-state index is -2.47. The summed E-state index contributed by atoms with van der Waals surface area (Å²) in [6.45, 7) is 6.25. The predicted octanol–water partition coefficient (Wildman–Crippen LogP) is 0.397. The Labute approximate surface area is 119 Å². The van der Waals surface area contributed by atoms with Crippen molar-refractivity contribution in [2.24, 2.45) is 11.7 Å². The van der Waals surface area contributed by atoms with Gasteiger partial charge in [0.15, 0.2) is 0 Å². The first kappa shape index (κ1) is 17.3. The molecule has 1 saturated heterocycles. The van der Waals surface area contributed by atoms with Crippen molar-refractivity contribution in [3.05, 3.63) is 0 Å². The highest BCUT2D eigenvalue weighted by Crippen LogP contribution is 2.06. The van der Waals surface area contributed by atoms with Gasteiger partial charge in [-0.3, -0.25) is 9.69 Å². The van der Waals surface area contributed by atoms with E-state index in [1.807, 2.05) is 0 Å². The van der Waals surface area contributed by atoms with E-state index in [2.05, 4.69) is 11.8 Å². The number of piperazine rings is 1. The van der Waals surface area contributed by atoms with E-state index in [-0.39, 0.29) is 18.9 Å². The predicted molar refractivity (Wildman–Crippen MR) is 72.7 cm³/mol. The van der Waals surface area contributed by atoms with E-state index in [0.29, 0.717) is 25.6 Å². The Morgan fingerprint density at radius 3 is 2.50 bits per heavy atom. The van der Waals surface area contributed by atoms with Gasteiger partial charge in [-0.25, -0.2) is 8.78 Å². The summed E-state index contributed by atoms with van der Waals surface area (Å²) in [4.78, 5) is 15.9. The Hall–Kier alpha value is -0.790. The van der Waals surface area contributed by atoms with Crippen LogP contribution in [0.4, 0.5) is 8.78 Å². The summed E-state index contributed by atoms with van der Waals surface area (Å²) in [5, 5.41) is 0. The topological polar surface area (TPSA) is 58.8 Å². The fourth-order valence-corrected chi connectivity index (χ4v) is 2.19. The fraction of sp³-hybridized carbons (Fsp3) is 0.923. The van der Waals surface area contributed by atoms with Gasteiger partial charge in [0.25, 0.3) is 6.43 Å². The minimum absolute atomic E-state index is 0.0224. The first-order valence-corrected chi connectivity index (χ1v) is 7.09. The Morgan fingerprint density at radius 2 is 1.95 bits per heavy atom. The van der Waals surface area contributed by atoms with E-state index in [0.717, 1.165) is 19.6 Å². The quantitative estimate of drug-likeness (QED) is 0.658. The molecule has 0 spiro atoms. The third-order valence-electron chi connectivity index (χ3n) is 3.40. The van der Waals surface area contributed by atoms with Gasteiger partial charge in [-0.2, -0.15) is 0 Å². The molecule has 1 rings (SSSR count). The van der Waals surface area contributed by atoms with Gasteiger partial charge in [0, 0.05) is 32.7 Å². The number of nitrogens with zero attached hydrogens (tertiary/aromatic N) is 2. The van der Waals surface area contributed by atoms with Crippen molar-refractivity contribution in [2.45, 2.75) is 19.8 Å². The smallest absolute Gasteiger partial charge is 0.261 e. The van der Waals surface area contributed by atoms with Crippen molar-refractivity contribution in [3.63, 3.8) is 0 Å². The molecule has 0 bridgehead atoms. The summed E-state index contributed by atoms with van der Waals surface area (Å²) in [5.74, 6) is 0.436. The molecule has 5 nitrogen and oxygen atoms in total. The number of ether oxygens (including phenoxy) is 1. The third-order valence-corrected chi connectivity index (χ3v) is 3.40. The van der Waals surface area contributed by atoms with Crippen molar-refractivity contribution in [3.8, 4) is 0 Å². The van der Waals surface area contributed by atoms with Crippen LogP contribution in [0, 0.1) is 5.92 Å². The first-order chi connectivity index (χ1) is 9.52. The van der Waals surface area contributed by atoms with Gasteiger partial charge in [0.05, 0.1) is 13.0 Å². The number of rotatable bonds is 8. The molecule has 1 amide bonds. The number of carbonyl (C=O) groups excluding carboxylic acids is 1. The second kappa shape index (κ2) is 9.20. The number of amides is 1. The molecule has 1 heterocycles. The zero-order valence-corrected chi connectivity index (χ0v) is 12.1. The van der Waals surface area contributed by atoms with Gasteiger partial charge in [0.1, 0.15) is 6.61 Å². The number of halogens is 2. The lowest BCUT2D eigenvalue weighted by Gasteiger charge is -2.35. The van der Waals surface area contributed by atoms with Crippen LogP contribution in [0.1, 0.15) is 13.3 Å². The molecular formula is C13H25F2N3O2. The number of carbonyl (C=O) groups is 1. The number of alkyl halides is 2. The fourth-order valence-electron chi connectivity index (χ4n) is 2.19. The maximum absolute atomic E-state index is 11.9. The molecule has 0 aromatic carbocycles. The Bertz CT molecular complexity index is 285. The summed E-state index contributed by atoms with van der Waals surface area (Å²) in [6, 6.07) is 0. The highest BCUT2D eigenvalue weighted by molar-refractivity contribution is 5.76. The second-order valence-electron chi connectivity index (χ2n) is 5.24. The molecule has 7 heteroatoms. The van der Waals surface area contributed by atoms with Crippen LogP contribution in [0.5, 0.6) is 0 Å². The van der Waals surface area contributed by atoms with Crippen LogP contribution >= 0.6 is 0 Å². The van der Waals surface area contributed by atoms with Gasteiger partial charge in [-0.05, 0) is 12.5 Å². The molecule has 0 saturated carbocycles. The second-order valence-corrected chi connectivity index (χ2v) is 5.24. The molecule has 1 fully saturated rings. The molecule has 2 N–H and O–H groups in total. The average molecular weight is 293 g/mol. The Morgan fingerprint density at radius 1 is 1.30 bits per heavy atom. The van der Waals surface area contributed by atoms with E-state index >= 15 is 0 Å². The monoisotopic (exact) mass is 293 g/mol. The highest BCUT2D eigenvalue weighted by Gasteiger charge is 2.21. The lowest BCUT2D eigenvalue weighted by molar-refractivity contribution is -0.134. The first-order valence-electron chi connectivity index (χ1n) is 7.09. The van der Waals surface area contributed by atoms with Crippen LogP contribution in [0.2, 0.25) is 0 Å². The molecular weight excluding hydrogens is 268 g/mol. The summed E-state index contributed by atoms with van der Waals surface area (Å²) in [5.41, 5.74) is 5.60. The Balaban J connectivity index is 2.15. The number of hydrogen-bond donors (Lipinski definition) is 1. The van der Waals surface area contributed by atoms with Gasteiger partial charge in [0.2, 0.25) is 5.91 Å². The van der Waals surface area contributed by atoms with Crippen molar-refractivity contribution in [2.75, 3.05) is 52.5 Å². The van der Waals surface area contributed by atoms with E-state index in [4.69, 9.17) is 10.5 Å². The largest absolute Gasteiger partial charge is 0.375 e. The van der Waals surface area contributed by atoms with Crippen LogP contribution in [0.3, 0.4) is 0 Å². The zero-order valence-electron chi connectivity index (χ0n) is 12.1. The molecule has 0 radical (unpaired) electrons. The van der Waals surface area contributed by atoms with Gasteiger partial charge >= 0.3 is 0 Å². The van der Waals surface area contributed by atoms with Crippen LogP contribution in [0.15, 0.2) is 0 Å². The van der Waals surface area contributed by atoms with Crippen LogP contribution in [-0.2, 0) is 9.53 Å².